The SMILES string of the molecule is Cc1ccc(-c2c(C(C)C)[nH]n(C)c2=O)cc1. The van der Waals surface area contributed by atoms with Crippen LogP contribution in [0.3, 0.4) is 0 Å². The number of benzene rings is 1. The van der Waals surface area contributed by atoms with Crippen molar-refractivity contribution in [3.63, 3.8) is 0 Å². The van der Waals surface area contributed by atoms with Gasteiger partial charge in [0.15, 0.2) is 0 Å². The highest BCUT2D eigenvalue weighted by molar-refractivity contribution is 5.66. The van der Waals surface area contributed by atoms with Crippen LogP contribution < -0.4 is 5.56 Å². The number of nitrogens with zero attached hydrogens (tertiary/aromatic N) is 1. The van der Waals surface area contributed by atoms with E-state index in [2.05, 4.69) is 18.9 Å². The highest BCUT2D eigenvalue weighted by atomic mass is 16.1. The second kappa shape index (κ2) is 4.24. The molecule has 0 saturated carbocycles. The van der Waals surface area contributed by atoms with Gasteiger partial charge in [0.25, 0.3) is 5.56 Å². The molecule has 1 heterocycles. The van der Waals surface area contributed by atoms with E-state index < -0.39 is 0 Å². The quantitative estimate of drug-likeness (QED) is 0.846. The Morgan fingerprint density at radius 3 is 2.29 bits per heavy atom. The summed E-state index contributed by atoms with van der Waals surface area (Å²) in [5.74, 6) is 0.306. The van der Waals surface area contributed by atoms with Crippen LogP contribution >= 0.6 is 0 Å². The van der Waals surface area contributed by atoms with Gasteiger partial charge >= 0.3 is 0 Å². The molecule has 3 nitrogen and oxygen atoms in total. The summed E-state index contributed by atoms with van der Waals surface area (Å²) in [5.41, 5.74) is 4.02. The first-order valence-electron chi connectivity index (χ1n) is 5.86. The van der Waals surface area contributed by atoms with Crippen LogP contribution in [0.1, 0.15) is 31.0 Å². The molecule has 3 heteroatoms. The summed E-state index contributed by atoms with van der Waals surface area (Å²) in [7, 11) is 1.76. The van der Waals surface area contributed by atoms with E-state index in [-0.39, 0.29) is 5.56 Å². The van der Waals surface area contributed by atoms with Gasteiger partial charge in [-0.25, -0.2) is 0 Å². The summed E-state index contributed by atoms with van der Waals surface area (Å²) in [4.78, 5) is 12.1. The zero-order valence-corrected chi connectivity index (χ0v) is 10.7. The molecule has 0 aliphatic rings. The first-order valence-corrected chi connectivity index (χ1v) is 5.86. The van der Waals surface area contributed by atoms with Gasteiger partial charge in [0, 0.05) is 12.7 Å². The Morgan fingerprint density at radius 1 is 1.18 bits per heavy atom. The maximum atomic E-state index is 12.1. The number of aryl methyl sites for hydroxylation is 2. The van der Waals surface area contributed by atoms with E-state index in [4.69, 9.17) is 0 Å². The van der Waals surface area contributed by atoms with Gasteiger partial charge in [0.2, 0.25) is 0 Å². The molecule has 0 bridgehead atoms. The number of aromatic nitrogens is 2. The smallest absolute Gasteiger partial charge is 0.274 e. The van der Waals surface area contributed by atoms with E-state index in [1.807, 2.05) is 31.2 Å². The van der Waals surface area contributed by atoms with E-state index in [1.165, 1.54) is 5.56 Å². The Morgan fingerprint density at radius 2 is 1.76 bits per heavy atom. The summed E-state index contributed by atoms with van der Waals surface area (Å²) in [6.07, 6.45) is 0. The Hall–Kier alpha value is -1.77. The third-order valence-corrected chi connectivity index (χ3v) is 2.99. The highest BCUT2D eigenvalue weighted by Crippen LogP contribution is 2.24. The van der Waals surface area contributed by atoms with Crippen LogP contribution in [0.5, 0.6) is 0 Å². The lowest BCUT2D eigenvalue weighted by Gasteiger charge is -2.05. The summed E-state index contributed by atoms with van der Waals surface area (Å²) in [6.45, 7) is 6.22. The van der Waals surface area contributed by atoms with Crippen molar-refractivity contribution in [2.24, 2.45) is 7.05 Å². The average molecular weight is 230 g/mol. The summed E-state index contributed by atoms with van der Waals surface area (Å²) in [5, 5.41) is 3.13. The van der Waals surface area contributed by atoms with E-state index in [0.29, 0.717) is 5.92 Å². The molecule has 0 amide bonds. The van der Waals surface area contributed by atoms with Gasteiger partial charge < -0.3 is 0 Å². The monoisotopic (exact) mass is 230 g/mol. The molecule has 0 aliphatic carbocycles. The van der Waals surface area contributed by atoms with Gasteiger partial charge in [-0.3, -0.25) is 14.6 Å². The van der Waals surface area contributed by atoms with Crippen molar-refractivity contribution in [1.82, 2.24) is 9.78 Å². The molecule has 0 fully saturated rings. The van der Waals surface area contributed by atoms with Crippen LogP contribution in [0.2, 0.25) is 0 Å². The molecule has 17 heavy (non-hydrogen) atoms. The molecule has 1 N–H and O–H groups in total. The van der Waals surface area contributed by atoms with Crippen LogP contribution in [0, 0.1) is 6.92 Å². The number of hydrogen-bond donors (Lipinski definition) is 1. The molecule has 1 aromatic heterocycles. The Bertz CT molecular complexity index is 573. The van der Waals surface area contributed by atoms with Crippen molar-refractivity contribution in [3.05, 3.63) is 45.9 Å². The fraction of sp³-hybridized carbons (Fsp3) is 0.357. The molecule has 0 unspecified atom stereocenters. The largest absolute Gasteiger partial charge is 0.299 e. The lowest BCUT2D eigenvalue weighted by atomic mass is 9.99. The Balaban J connectivity index is 2.65. The number of nitrogens with one attached hydrogen (secondary N) is 1. The first-order chi connectivity index (χ1) is 8.00. The minimum atomic E-state index is 0.0394. The molecule has 0 radical (unpaired) electrons. The summed E-state index contributed by atoms with van der Waals surface area (Å²) < 4.78 is 1.55. The van der Waals surface area contributed by atoms with Gasteiger partial charge in [0.05, 0.1) is 5.56 Å². The molecule has 1 aromatic carbocycles. The molecule has 0 spiro atoms. The Kier molecular flexibility index (Phi) is 2.92. The van der Waals surface area contributed by atoms with Crippen molar-refractivity contribution in [2.75, 3.05) is 0 Å². The van der Waals surface area contributed by atoms with Crippen LogP contribution in [0.25, 0.3) is 11.1 Å². The third-order valence-electron chi connectivity index (χ3n) is 2.99. The normalized spacial score (nSPS) is 11.1. The van der Waals surface area contributed by atoms with E-state index in [0.717, 1.165) is 16.8 Å². The number of aromatic amines is 1. The fourth-order valence-corrected chi connectivity index (χ4v) is 1.99. The first kappa shape index (κ1) is 11.7. The zero-order chi connectivity index (χ0) is 12.6. The van der Waals surface area contributed by atoms with Crippen LogP contribution in [0.4, 0.5) is 0 Å². The maximum Gasteiger partial charge on any atom is 0.274 e. The van der Waals surface area contributed by atoms with Gasteiger partial charge in [-0.1, -0.05) is 43.7 Å². The van der Waals surface area contributed by atoms with Crippen molar-refractivity contribution < 1.29 is 0 Å². The molecule has 0 saturated heterocycles. The van der Waals surface area contributed by atoms with E-state index in [9.17, 15) is 4.79 Å². The van der Waals surface area contributed by atoms with Gasteiger partial charge in [-0.05, 0) is 18.4 Å². The second-order valence-corrected chi connectivity index (χ2v) is 4.79. The van der Waals surface area contributed by atoms with Crippen molar-refractivity contribution in [1.29, 1.82) is 0 Å². The Labute approximate surface area is 101 Å². The number of hydrogen-bond acceptors (Lipinski definition) is 1. The highest BCUT2D eigenvalue weighted by Gasteiger charge is 2.16. The van der Waals surface area contributed by atoms with Gasteiger partial charge in [-0.15, -0.1) is 0 Å². The maximum absolute atomic E-state index is 12.1. The molecule has 2 rings (SSSR count). The molecule has 2 aromatic rings. The lowest BCUT2D eigenvalue weighted by molar-refractivity contribution is 0.697. The lowest BCUT2D eigenvalue weighted by Crippen LogP contribution is -2.13. The standard InChI is InChI=1S/C14H18N2O/c1-9(2)13-12(14(17)16(4)15-13)11-7-5-10(3)6-8-11/h5-9,15H,1-4H3. The third kappa shape index (κ3) is 2.05. The zero-order valence-electron chi connectivity index (χ0n) is 10.7. The molecule has 90 valence electrons. The summed E-state index contributed by atoms with van der Waals surface area (Å²) >= 11 is 0. The molecule has 0 atom stereocenters. The van der Waals surface area contributed by atoms with Crippen molar-refractivity contribution in [3.8, 4) is 11.1 Å². The van der Waals surface area contributed by atoms with Crippen molar-refractivity contribution >= 4 is 0 Å². The molecular weight excluding hydrogens is 212 g/mol. The number of H-pyrrole nitrogens is 1. The van der Waals surface area contributed by atoms with E-state index >= 15 is 0 Å². The van der Waals surface area contributed by atoms with Crippen LogP contribution in [-0.2, 0) is 7.05 Å². The minimum Gasteiger partial charge on any atom is -0.299 e. The minimum absolute atomic E-state index is 0.0394. The average Bonchev–Trinajstić information content (AvgIpc) is 2.57. The predicted octanol–water partition coefficient (Wildman–Crippen LogP) is 2.81. The number of rotatable bonds is 2. The summed E-state index contributed by atoms with van der Waals surface area (Å²) in [6, 6.07) is 8.08. The fourth-order valence-electron chi connectivity index (χ4n) is 1.99. The van der Waals surface area contributed by atoms with Crippen molar-refractivity contribution in [2.45, 2.75) is 26.7 Å². The van der Waals surface area contributed by atoms with Crippen LogP contribution in [0.15, 0.2) is 29.1 Å². The topological polar surface area (TPSA) is 37.8 Å². The van der Waals surface area contributed by atoms with E-state index in [1.54, 1.807) is 11.7 Å². The predicted molar refractivity (Wildman–Crippen MR) is 70.3 cm³/mol. The van der Waals surface area contributed by atoms with Gasteiger partial charge in [0.1, 0.15) is 0 Å². The van der Waals surface area contributed by atoms with Gasteiger partial charge in [-0.2, -0.15) is 0 Å². The van der Waals surface area contributed by atoms with Crippen LogP contribution in [-0.4, -0.2) is 9.78 Å². The molecule has 0 aliphatic heterocycles. The molecular formula is C14H18N2O. The second-order valence-electron chi connectivity index (χ2n) is 4.79.